The fraction of sp³-hybridized carbons (Fsp3) is 0.478. The van der Waals surface area contributed by atoms with Crippen molar-refractivity contribution in [2.24, 2.45) is 5.92 Å². The minimum Gasteiger partial charge on any atom is -0.462 e. The van der Waals surface area contributed by atoms with E-state index in [-0.39, 0.29) is 30.9 Å². The first kappa shape index (κ1) is 21.1. The SMILES string of the molecule is CCOC(=O)c1cc(-c2ccc(F)cc2)n(CC(=O)N[C@H]2CCCC[C@@H]2C)c1C. The van der Waals surface area contributed by atoms with Crippen LogP contribution in [0.25, 0.3) is 11.3 Å². The molecule has 1 heterocycles. The highest BCUT2D eigenvalue weighted by molar-refractivity contribution is 5.93. The smallest absolute Gasteiger partial charge is 0.339 e. The van der Waals surface area contributed by atoms with E-state index in [0.717, 1.165) is 24.8 Å². The molecule has 1 aliphatic carbocycles. The van der Waals surface area contributed by atoms with Gasteiger partial charge in [-0.1, -0.05) is 19.8 Å². The Kier molecular flexibility index (Phi) is 6.72. The third kappa shape index (κ3) is 4.86. The van der Waals surface area contributed by atoms with Crippen LogP contribution in [0.15, 0.2) is 30.3 Å². The number of carbonyl (C=O) groups excluding carboxylic acids is 2. The molecule has 5 nitrogen and oxygen atoms in total. The zero-order valence-corrected chi connectivity index (χ0v) is 17.3. The number of aromatic nitrogens is 1. The van der Waals surface area contributed by atoms with E-state index in [9.17, 15) is 14.0 Å². The molecule has 3 rings (SSSR count). The molecule has 1 amide bonds. The normalized spacial score (nSPS) is 19.0. The maximum atomic E-state index is 13.4. The topological polar surface area (TPSA) is 60.3 Å². The van der Waals surface area contributed by atoms with Gasteiger partial charge in [0.15, 0.2) is 0 Å². The van der Waals surface area contributed by atoms with Crippen molar-refractivity contribution < 1.29 is 18.7 Å². The number of esters is 1. The lowest BCUT2D eigenvalue weighted by molar-refractivity contribution is -0.122. The van der Waals surface area contributed by atoms with E-state index >= 15 is 0 Å². The summed E-state index contributed by atoms with van der Waals surface area (Å²) in [7, 11) is 0. The molecule has 1 aliphatic rings. The predicted molar refractivity (Wildman–Crippen MR) is 110 cm³/mol. The van der Waals surface area contributed by atoms with Crippen molar-refractivity contribution in [1.82, 2.24) is 9.88 Å². The van der Waals surface area contributed by atoms with Gasteiger partial charge in [0.1, 0.15) is 12.4 Å². The van der Waals surface area contributed by atoms with E-state index < -0.39 is 5.97 Å². The Hall–Kier alpha value is -2.63. The summed E-state index contributed by atoms with van der Waals surface area (Å²) in [5.41, 5.74) is 2.51. The Balaban J connectivity index is 1.89. The van der Waals surface area contributed by atoms with E-state index in [0.29, 0.717) is 22.9 Å². The molecule has 0 radical (unpaired) electrons. The van der Waals surface area contributed by atoms with Crippen molar-refractivity contribution in [3.8, 4) is 11.3 Å². The molecule has 1 aromatic heterocycles. The van der Waals surface area contributed by atoms with Crippen LogP contribution in [0.5, 0.6) is 0 Å². The second kappa shape index (κ2) is 9.25. The van der Waals surface area contributed by atoms with Gasteiger partial charge in [-0.2, -0.15) is 0 Å². The molecule has 29 heavy (non-hydrogen) atoms. The number of hydrogen-bond donors (Lipinski definition) is 1. The van der Waals surface area contributed by atoms with E-state index in [2.05, 4.69) is 12.2 Å². The van der Waals surface area contributed by atoms with Gasteiger partial charge in [-0.3, -0.25) is 4.79 Å². The monoisotopic (exact) mass is 400 g/mol. The maximum absolute atomic E-state index is 13.4. The van der Waals surface area contributed by atoms with Crippen molar-refractivity contribution in [2.75, 3.05) is 6.61 Å². The summed E-state index contributed by atoms with van der Waals surface area (Å²) in [6.07, 6.45) is 4.46. The third-order valence-corrected chi connectivity index (χ3v) is 5.76. The molecule has 2 aromatic rings. The molecule has 1 N–H and O–H groups in total. The minimum atomic E-state index is -0.423. The summed E-state index contributed by atoms with van der Waals surface area (Å²) in [5.74, 6) is -0.377. The Morgan fingerprint density at radius 3 is 2.55 bits per heavy atom. The van der Waals surface area contributed by atoms with Gasteiger partial charge in [0, 0.05) is 17.4 Å². The van der Waals surface area contributed by atoms with E-state index in [4.69, 9.17) is 4.74 Å². The van der Waals surface area contributed by atoms with Crippen LogP contribution in [0.4, 0.5) is 4.39 Å². The standard InChI is InChI=1S/C23H29FN2O3/c1-4-29-23(28)19-13-21(17-9-11-18(24)12-10-17)26(16(19)3)14-22(27)25-20-8-6-5-7-15(20)2/h9-13,15,20H,4-8,14H2,1-3H3,(H,25,27)/t15-,20-/m0/s1. The molecular weight excluding hydrogens is 371 g/mol. The van der Waals surface area contributed by atoms with Crippen molar-refractivity contribution in [2.45, 2.75) is 59.0 Å². The minimum absolute atomic E-state index is 0.0822. The number of nitrogens with zero attached hydrogens (tertiary/aromatic N) is 1. The lowest BCUT2D eigenvalue weighted by Gasteiger charge is -2.29. The summed E-state index contributed by atoms with van der Waals surface area (Å²) in [6, 6.07) is 7.95. The molecule has 0 aliphatic heterocycles. The van der Waals surface area contributed by atoms with Gasteiger partial charge in [0.05, 0.1) is 12.2 Å². The second-order valence-electron chi connectivity index (χ2n) is 7.78. The van der Waals surface area contributed by atoms with Gasteiger partial charge in [0.25, 0.3) is 0 Å². The zero-order valence-electron chi connectivity index (χ0n) is 17.3. The molecule has 1 aromatic carbocycles. The average molecular weight is 400 g/mol. The van der Waals surface area contributed by atoms with Crippen molar-refractivity contribution in [3.63, 3.8) is 0 Å². The number of amides is 1. The summed E-state index contributed by atoms with van der Waals surface area (Å²) in [5, 5.41) is 3.16. The zero-order chi connectivity index (χ0) is 21.0. The first-order valence-electron chi connectivity index (χ1n) is 10.3. The molecule has 156 valence electrons. The second-order valence-corrected chi connectivity index (χ2v) is 7.78. The highest BCUT2D eigenvalue weighted by Crippen LogP contribution is 2.28. The van der Waals surface area contributed by atoms with Crippen LogP contribution in [0.1, 0.15) is 55.6 Å². The van der Waals surface area contributed by atoms with Gasteiger partial charge in [0.2, 0.25) is 5.91 Å². The Morgan fingerprint density at radius 1 is 1.21 bits per heavy atom. The molecular formula is C23H29FN2O3. The summed E-state index contributed by atoms with van der Waals surface area (Å²) < 4.78 is 20.3. The van der Waals surface area contributed by atoms with Gasteiger partial charge in [-0.15, -0.1) is 0 Å². The molecule has 0 saturated heterocycles. The summed E-state index contributed by atoms with van der Waals surface area (Å²) in [4.78, 5) is 25.2. The van der Waals surface area contributed by atoms with Crippen molar-refractivity contribution >= 4 is 11.9 Å². The number of rotatable bonds is 6. The molecule has 0 spiro atoms. The summed E-state index contributed by atoms with van der Waals surface area (Å²) >= 11 is 0. The lowest BCUT2D eigenvalue weighted by Crippen LogP contribution is -2.42. The van der Waals surface area contributed by atoms with Crippen LogP contribution in [0, 0.1) is 18.7 Å². The maximum Gasteiger partial charge on any atom is 0.339 e. The third-order valence-electron chi connectivity index (χ3n) is 5.76. The lowest BCUT2D eigenvalue weighted by atomic mass is 9.86. The fourth-order valence-electron chi connectivity index (χ4n) is 4.05. The highest BCUT2D eigenvalue weighted by atomic mass is 19.1. The highest BCUT2D eigenvalue weighted by Gasteiger charge is 2.25. The van der Waals surface area contributed by atoms with Gasteiger partial charge >= 0.3 is 5.97 Å². The van der Waals surface area contributed by atoms with E-state index in [1.54, 1.807) is 32.0 Å². The van der Waals surface area contributed by atoms with Gasteiger partial charge in [-0.05, 0) is 68.5 Å². The van der Waals surface area contributed by atoms with Gasteiger partial charge in [-0.25, -0.2) is 9.18 Å². The molecule has 1 fully saturated rings. The number of halogens is 1. The van der Waals surface area contributed by atoms with E-state index in [1.165, 1.54) is 18.6 Å². The fourth-order valence-corrected chi connectivity index (χ4v) is 4.05. The summed E-state index contributed by atoms with van der Waals surface area (Å²) in [6.45, 7) is 6.10. The van der Waals surface area contributed by atoms with Crippen LogP contribution in [-0.2, 0) is 16.1 Å². The molecule has 0 unspecified atom stereocenters. The van der Waals surface area contributed by atoms with E-state index in [1.807, 2.05) is 4.57 Å². The number of hydrogen-bond acceptors (Lipinski definition) is 3. The largest absolute Gasteiger partial charge is 0.462 e. The molecule has 1 saturated carbocycles. The van der Waals surface area contributed by atoms with Crippen LogP contribution < -0.4 is 5.32 Å². The van der Waals surface area contributed by atoms with Crippen molar-refractivity contribution in [3.05, 3.63) is 47.4 Å². The van der Waals surface area contributed by atoms with Crippen LogP contribution in [0.2, 0.25) is 0 Å². The van der Waals surface area contributed by atoms with Crippen LogP contribution >= 0.6 is 0 Å². The molecule has 6 heteroatoms. The average Bonchev–Trinajstić information content (AvgIpc) is 3.01. The quantitative estimate of drug-likeness (QED) is 0.728. The Bertz CT molecular complexity index is 873. The first-order chi connectivity index (χ1) is 13.9. The van der Waals surface area contributed by atoms with Crippen molar-refractivity contribution in [1.29, 1.82) is 0 Å². The van der Waals surface area contributed by atoms with Crippen LogP contribution in [0.3, 0.4) is 0 Å². The molecule has 2 atom stereocenters. The van der Waals surface area contributed by atoms with Crippen LogP contribution in [-0.4, -0.2) is 29.1 Å². The van der Waals surface area contributed by atoms with Gasteiger partial charge < -0.3 is 14.6 Å². The number of ether oxygens (including phenoxy) is 1. The number of nitrogens with one attached hydrogen (secondary N) is 1. The first-order valence-corrected chi connectivity index (χ1v) is 10.3. The Morgan fingerprint density at radius 2 is 1.90 bits per heavy atom. The number of carbonyl (C=O) groups is 2. The predicted octanol–water partition coefficient (Wildman–Crippen LogP) is 4.47. The Labute approximate surface area is 171 Å². The number of benzene rings is 1. The molecule has 0 bridgehead atoms.